The Kier molecular flexibility index (Phi) is 4.16. The van der Waals surface area contributed by atoms with Crippen molar-refractivity contribution in [2.24, 2.45) is 0 Å². The Morgan fingerprint density at radius 2 is 2.31 bits per heavy atom. The summed E-state index contributed by atoms with van der Waals surface area (Å²) in [5.74, 6) is 0. The molecule has 0 radical (unpaired) electrons. The van der Waals surface area contributed by atoms with Gasteiger partial charge in [-0.2, -0.15) is 0 Å². The molecule has 0 saturated carbocycles. The van der Waals surface area contributed by atoms with Crippen molar-refractivity contribution < 1.29 is 5.11 Å². The fourth-order valence-electron chi connectivity index (χ4n) is 1.90. The minimum Gasteiger partial charge on any atom is -0.395 e. The molecule has 1 aliphatic heterocycles. The maximum absolute atomic E-state index is 8.91. The average molecular weight is 186 g/mol. The molecule has 13 heavy (non-hydrogen) atoms. The summed E-state index contributed by atoms with van der Waals surface area (Å²) in [6.45, 7) is 5.69. The lowest BCUT2D eigenvalue weighted by Crippen LogP contribution is -2.48. The number of nitrogens with one attached hydrogen (secondary N) is 1. The monoisotopic (exact) mass is 186 g/mol. The van der Waals surface area contributed by atoms with E-state index in [1.54, 1.807) is 0 Å². The summed E-state index contributed by atoms with van der Waals surface area (Å²) in [5, 5.41) is 12.4. The Labute approximate surface area is 81.1 Å². The van der Waals surface area contributed by atoms with Crippen molar-refractivity contribution in [1.82, 2.24) is 10.2 Å². The van der Waals surface area contributed by atoms with Crippen LogP contribution in [-0.4, -0.2) is 48.3 Å². The minimum atomic E-state index is 0.237. The van der Waals surface area contributed by atoms with Gasteiger partial charge in [-0.25, -0.2) is 0 Å². The van der Waals surface area contributed by atoms with Gasteiger partial charge in [0.1, 0.15) is 0 Å². The van der Waals surface area contributed by atoms with Crippen LogP contribution in [0.1, 0.15) is 26.7 Å². The van der Waals surface area contributed by atoms with E-state index in [0.717, 1.165) is 6.54 Å². The first-order valence-electron chi connectivity index (χ1n) is 5.20. The van der Waals surface area contributed by atoms with Gasteiger partial charge in [-0.15, -0.1) is 0 Å². The van der Waals surface area contributed by atoms with E-state index in [1.165, 1.54) is 12.8 Å². The van der Waals surface area contributed by atoms with Crippen molar-refractivity contribution in [3.8, 4) is 0 Å². The SMILES string of the molecule is CC(CO)NC1CCN(C)C(C)C1. The Bertz CT molecular complexity index is 150. The van der Waals surface area contributed by atoms with Gasteiger partial charge < -0.3 is 15.3 Å². The summed E-state index contributed by atoms with van der Waals surface area (Å²) in [7, 11) is 2.18. The van der Waals surface area contributed by atoms with Gasteiger partial charge in [-0.3, -0.25) is 0 Å². The molecule has 0 aromatic carbocycles. The third-order valence-corrected chi connectivity index (χ3v) is 3.00. The molecule has 78 valence electrons. The van der Waals surface area contributed by atoms with Crippen LogP contribution in [0.2, 0.25) is 0 Å². The smallest absolute Gasteiger partial charge is 0.0582 e. The highest BCUT2D eigenvalue weighted by atomic mass is 16.3. The highest BCUT2D eigenvalue weighted by molar-refractivity contribution is 4.82. The van der Waals surface area contributed by atoms with Crippen LogP contribution in [0.4, 0.5) is 0 Å². The summed E-state index contributed by atoms with van der Waals surface area (Å²) in [6.07, 6.45) is 2.39. The molecule has 1 saturated heterocycles. The number of nitrogens with zero attached hydrogens (tertiary/aromatic N) is 1. The molecular formula is C10H22N2O. The topological polar surface area (TPSA) is 35.5 Å². The lowest BCUT2D eigenvalue weighted by atomic mass is 9.98. The van der Waals surface area contributed by atoms with Gasteiger partial charge >= 0.3 is 0 Å². The molecule has 0 amide bonds. The van der Waals surface area contributed by atoms with E-state index in [1.807, 2.05) is 6.92 Å². The van der Waals surface area contributed by atoms with Crippen LogP contribution in [0.15, 0.2) is 0 Å². The van der Waals surface area contributed by atoms with Crippen molar-refractivity contribution in [3.63, 3.8) is 0 Å². The number of hydrogen-bond acceptors (Lipinski definition) is 3. The predicted molar refractivity (Wildman–Crippen MR) is 54.8 cm³/mol. The first-order chi connectivity index (χ1) is 6.13. The van der Waals surface area contributed by atoms with Crippen molar-refractivity contribution in [2.45, 2.75) is 44.8 Å². The molecule has 1 fully saturated rings. The van der Waals surface area contributed by atoms with Crippen molar-refractivity contribution in [3.05, 3.63) is 0 Å². The number of aliphatic hydroxyl groups is 1. The zero-order valence-corrected chi connectivity index (χ0v) is 8.95. The zero-order valence-electron chi connectivity index (χ0n) is 8.95. The highest BCUT2D eigenvalue weighted by Crippen LogP contribution is 2.15. The second-order valence-electron chi connectivity index (χ2n) is 4.30. The minimum absolute atomic E-state index is 0.237. The summed E-state index contributed by atoms with van der Waals surface area (Å²) < 4.78 is 0. The van der Waals surface area contributed by atoms with E-state index in [-0.39, 0.29) is 12.6 Å². The maximum Gasteiger partial charge on any atom is 0.0582 e. The largest absolute Gasteiger partial charge is 0.395 e. The lowest BCUT2D eigenvalue weighted by Gasteiger charge is -2.36. The van der Waals surface area contributed by atoms with Crippen molar-refractivity contribution >= 4 is 0 Å². The molecule has 0 bridgehead atoms. The number of aliphatic hydroxyl groups excluding tert-OH is 1. The van der Waals surface area contributed by atoms with E-state index in [0.29, 0.717) is 12.1 Å². The first-order valence-corrected chi connectivity index (χ1v) is 5.20. The predicted octanol–water partition coefficient (Wildman–Crippen LogP) is 0.440. The third kappa shape index (κ3) is 3.25. The van der Waals surface area contributed by atoms with E-state index >= 15 is 0 Å². The summed E-state index contributed by atoms with van der Waals surface area (Å²) in [6, 6.07) is 1.49. The Hall–Kier alpha value is -0.120. The molecule has 2 N–H and O–H groups in total. The van der Waals surface area contributed by atoms with Gasteiger partial charge in [0, 0.05) is 18.1 Å². The van der Waals surface area contributed by atoms with E-state index in [9.17, 15) is 0 Å². The van der Waals surface area contributed by atoms with Crippen LogP contribution in [0.5, 0.6) is 0 Å². The molecular weight excluding hydrogens is 164 g/mol. The molecule has 3 heteroatoms. The van der Waals surface area contributed by atoms with Crippen LogP contribution >= 0.6 is 0 Å². The Morgan fingerprint density at radius 3 is 2.85 bits per heavy atom. The van der Waals surface area contributed by atoms with Crippen molar-refractivity contribution in [1.29, 1.82) is 0 Å². The molecule has 1 aliphatic rings. The normalized spacial score (nSPS) is 33.2. The molecule has 0 spiro atoms. The van der Waals surface area contributed by atoms with Crippen LogP contribution in [0.25, 0.3) is 0 Å². The van der Waals surface area contributed by atoms with E-state index in [4.69, 9.17) is 5.11 Å². The molecule has 1 rings (SSSR count). The maximum atomic E-state index is 8.91. The summed E-state index contributed by atoms with van der Waals surface area (Å²) >= 11 is 0. The molecule has 0 aliphatic carbocycles. The molecule has 3 nitrogen and oxygen atoms in total. The quantitative estimate of drug-likeness (QED) is 0.671. The van der Waals surface area contributed by atoms with Crippen molar-refractivity contribution in [2.75, 3.05) is 20.2 Å². The van der Waals surface area contributed by atoms with Crippen LogP contribution in [-0.2, 0) is 0 Å². The van der Waals surface area contributed by atoms with Gasteiger partial charge in [-0.1, -0.05) is 0 Å². The Balaban J connectivity index is 2.29. The second-order valence-corrected chi connectivity index (χ2v) is 4.30. The lowest BCUT2D eigenvalue weighted by molar-refractivity contribution is 0.152. The van der Waals surface area contributed by atoms with E-state index < -0.39 is 0 Å². The Morgan fingerprint density at radius 1 is 1.62 bits per heavy atom. The van der Waals surface area contributed by atoms with E-state index in [2.05, 4.69) is 24.2 Å². The second kappa shape index (κ2) is 4.94. The van der Waals surface area contributed by atoms with Gasteiger partial charge in [0.05, 0.1) is 6.61 Å². The molecule has 0 aromatic heterocycles. The molecule has 3 unspecified atom stereocenters. The fraction of sp³-hybridized carbons (Fsp3) is 1.00. The average Bonchev–Trinajstić information content (AvgIpc) is 2.11. The van der Waals surface area contributed by atoms with Crippen LogP contribution in [0, 0.1) is 0 Å². The highest BCUT2D eigenvalue weighted by Gasteiger charge is 2.23. The molecule has 3 atom stereocenters. The zero-order chi connectivity index (χ0) is 9.84. The standard InChI is InChI=1S/C10H22N2O/c1-8(7-13)11-10-4-5-12(3)9(2)6-10/h8-11,13H,4-7H2,1-3H3. The number of rotatable bonds is 3. The number of piperidine rings is 1. The molecule has 0 aromatic rings. The first kappa shape index (κ1) is 11.0. The van der Waals surface area contributed by atoms with Gasteiger partial charge in [0.25, 0.3) is 0 Å². The van der Waals surface area contributed by atoms with Gasteiger partial charge in [0.15, 0.2) is 0 Å². The van der Waals surface area contributed by atoms with Crippen LogP contribution < -0.4 is 5.32 Å². The fourth-order valence-corrected chi connectivity index (χ4v) is 1.90. The third-order valence-electron chi connectivity index (χ3n) is 3.00. The van der Waals surface area contributed by atoms with Gasteiger partial charge in [-0.05, 0) is 40.3 Å². The molecule has 1 heterocycles. The summed E-state index contributed by atoms with van der Waals surface area (Å²) in [4.78, 5) is 2.39. The van der Waals surface area contributed by atoms with Gasteiger partial charge in [0.2, 0.25) is 0 Å². The number of hydrogen-bond donors (Lipinski definition) is 2. The summed E-state index contributed by atoms with van der Waals surface area (Å²) in [5.41, 5.74) is 0. The van der Waals surface area contributed by atoms with Crippen LogP contribution in [0.3, 0.4) is 0 Å². The number of likely N-dealkylation sites (tertiary alicyclic amines) is 1.